The zero-order valence-electron chi connectivity index (χ0n) is 16.4. The molecule has 0 aromatic heterocycles. The van der Waals surface area contributed by atoms with Crippen LogP contribution >= 0.6 is 11.6 Å². The molecule has 0 heterocycles. The molecule has 154 valence electrons. The Morgan fingerprint density at radius 2 is 1.83 bits per heavy atom. The van der Waals surface area contributed by atoms with Gasteiger partial charge in [-0.05, 0) is 36.5 Å². The maximum Gasteiger partial charge on any atom is 0.288 e. The molecular formula is C21H24ClN3O4. The first-order chi connectivity index (χ1) is 13.8. The SMILES string of the molecule is CC(C)C(NC(=O)c1ccc(Cl)c([N+](=O)[O-])c1)C(=O)NCCCc1ccccc1. The molecule has 0 bridgehead atoms. The lowest BCUT2D eigenvalue weighted by atomic mass is 10.0. The second-order valence-corrected chi connectivity index (χ2v) is 7.41. The molecule has 2 N–H and O–H groups in total. The van der Waals surface area contributed by atoms with Crippen molar-refractivity contribution in [1.82, 2.24) is 10.6 Å². The van der Waals surface area contributed by atoms with Crippen LogP contribution in [0.3, 0.4) is 0 Å². The molecule has 2 rings (SSSR count). The highest BCUT2D eigenvalue weighted by Gasteiger charge is 2.25. The van der Waals surface area contributed by atoms with Gasteiger partial charge in [0.1, 0.15) is 11.1 Å². The first kappa shape index (κ1) is 22.4. The summed E-state index contributed by atoms with van der Waals surface area (Å²) in [4.78, 5) is 35.4. The summed E-state index contributed by atoms with van der Waals surface area (Å²) in [5.74, 6) is -1.01. The van der Waals surface area contributed by atoms with E-state index >= 15 is 0 Å². The topological polar surface area (TPSA) is 101 Å². The minimum atomic E-state index is -0.756. The molecule has 7 nitrogen and oxygen atoms in total. The van der Waals surface area contributed by atoms with E-state index in [1.807, 2.05) is 44.2 Å². The molecule has 1 unspecified atom stereocenters. The van der Waals surface area contributed by atoms with E-state index < -0.39 is 16.9 Å². The number of hydrogen-bond donors (Lipinski definition) is 2. The summed E-state index contributed by atoms with van der Waals surface area (Å²) in [6, 6.07) is 13.0. The highest BCUT2D eigenvalue weighted by Crippen LogP contribution is 2.25. The van der Waals surface area contributed by atoms with Crippen LogP contribution < -0.4 is 10.6 Å². The van der Waals surface area contributed by atoms with Crippen LogP contribution in [0.1, 0.15) is 36.2 Å². The largest absolute Gasteiger partial charge is 0.354 e. The molecule has 8 heteroatoms. The van der Waals surface area contributed by atoms with Crippen LogP contribution in [0.15, 0.2) is 48.5 Å². The number of amides is 2. The number of carbonyl (C=O) groups is 2. The van der Waals surface area contributed by atoms with Gasteiger partial charge < -0.3 is 10.6 Å². The van der Waals surface area contributed by atoms with E-state index in [-0.39, 0.29) is 28.1 Å². The summed E-state index contributed by atoms with van der Waals surface area (Å²) in [5.41, 5.74) is 0.911. The van der Waals surface area contributed by atoms with Gasteiger partial charge in [-0.1, -0.05) is 55.8 Å². The quantitative estimate of drug-likeness (QED) is 0.368. The number of hydrogen-bond acceptors (Lipinski definition) is 4. The molecule has 0 saturated carbocycles. The number of rotatable bonds is 9. The van der Waals surface area contributed by atoms with E-state index in [0.717, 1.165) is 18.9 Å². The van der Waals surface area contributed by atoms with Crippen molar-refractivity contribution < 1.29 is 14.5 Å². The van der Waals surface area contributed by atoms with Crippen LogP contribution in [0.4, 0.5) is 5.69 Å². The minimum absolute atomic E-state index is 0.0527. The number of nitro benzene ring substituents is 1. The monoisotopic (exact) mass is 417 g/mol. The highest BCUT2D eigenvalue weighted by molar-refractivity contribution is 6.32. The molecule has 1 atom stereocenters. The summed E-state index contributed by atoms with van der Waals surface area (Å²) in [5, 5.41) is 16.5. The van der Waals surface area contributed by atoms with Crippen molar-refractivity contribution in [3.63, 3.8) is 0 Å². The average Bonchev–Trinajstić information content (AvgIpc) is 2.69. The van der Waals surface area contributed by atoms with E-state index in [9.17, 15) is 19.7 Å². The predicted molar refractivity (Wildman–Crippen MR) is 112 cm³/mol. The fraction of sp³-hybridized carbons (Fsp3) is 0.333. The van der Waals surface area contributed by atoms with E-state index in [2.05, 4.69) is 10.6 Å². The van der Waals surface area contributed by atoms with Crippen molar-refractivity contribution in [3.8, 4) is 0 Å². The molecule has 0 aliphatic carbocycles. The second-order valence-electron chi connectivity index (χ2n) is 7.00. The number of aryl methyl sites for hydroxylation is 1. The normalized spacial score (nSPS) is 11.7. The molecule has 0 spiro atoms. The summed E-state index contributed by atoms with van der Waals surface area (Å²) >= 11 is 5.78. The highest BCUT2D eigenvalue weighted by atomic mass is 35.5. The van der Waals surface area contributed by atoms with Gasteiger partial charge in [0.15, 0.2) is 0 Å². The Morgan fingerprint density at radius 1 is 1.14 bits per heavy atom. The molecule has 0 radical (unpaired) electrons. The molecular weight excluding hydrogens is 394 g/mol. The third-order valence-corrected chi connectivity index (χ3v) is 4.74. The lowest BCUT2D eigenvalue weighted by Crippen LogP contribution is -2.49. The van der Waals surface area contributed by atoms with Crippen molar-refractivity contribution in [2.24, 2.45) is 5.92 Å². The summed E-state index contributed by atoms with van der Waals surface area (Å²) in [7, 11) is 0. The van der Waals surface area contributed by atoms with Crippen LogP contribution in [-0.4, -0.2) is 29.3 Å². The van der Waals surface area contributed by atoms with Crippen molar-refractivity contribution in [2.75, 3.05) is 6.54 Å². The van der Waals surface area contributed by atoms with Gasteiger partial charge in [0, 0.05) is 18.2 Å². The zero-order chi connectivity index (χ0) is 21.4. The van der Waals surface area contributed by atoms with Crippen molar-refractivity contribution in [2.45, 2.75) is 32.7 Å². The lowest BCUT2D eigenvalue weighted by molar-refractivity contribution is -0.384. The molecule has 0 aliphatic heterocycles. The van der Waals surface area contributed by atoms with Crippen molar-refractivity contribution in [3.05, 3.63) is 74.8 Å². The Hall–Kier alpha value is -2.93. The molecule has 2 amide bonds. The molecule has 0 saturated heterocycles. The molecule has 2 aromatic carbocycles. The smallest absolute Gasteiger partial charge is 0.288 e. The maximum atomic E-state index is 12.5. The third-order valence-electron chi connectivity index (χ3n) is 4.43. The Balaban J connectivity index is 1.94. The van der Waals surface area contributed by atoms with Crippen LogP contribution in [0.2, 0.25) is 5.02 Å². The van der Waals surface area contributed by atoms with Gasteiger partial charge in [-0.25, -0.2) is 0 Å². The second kappa shape index (κ2) is 10.6. The molecule has 0 aliphatic rings. The van der Waals surface area contributed by atoms with Gasteiger partial charge in [-0.15, -0.1) is 0 Å². The van der Waals surface area contributed by atoms with Crippen LogP contribution in [-0.2, 0) is 11.2 Å². The third kappa shape index (κ3) is 6.57. The molecule has 0 fully saturated rings. The number of nitro groups is 1. The van der Waals surface area contributed by atoms with Gasteiger partial charge in [0.05, 0.1) is 4.92 Å². The van der Waals surface area contributed by atoms with Crippen LogP contribution in [0.5, 0.6) is 0 Å². The number of halogens is 1. The van der Waals surface area contributed by atoms with Crippen molar-refractivity contribution in [1.29, 1.82) is 0 Å². The lowest BCUT2D eigenvalue weighted by Gasteiger charge is -2.21. The predicted octanol–water partition coefficient (Wildman–Crippen LogP) is 3.75. The Labute approximate surface area is 174 Å². The number of benzene rings is 2. The van der Waals surface area contributed by atoms with Gasteiger partial charge in [-0.2, -0.15) is 0 Å². The first-order valence-electron chi connectivity index (χ1n) is 9.36. The van der Waals surface area contributed by atoms with E-state index in [1.54, 1.807) is 0 Å². The van der Waals surface area contributed by atoms with Crippen LogP contribution in [0, 0.1) is 16.0 Å². The van der Waals surface area contributed by atoms with Gasteiger partial charge in [0.25, 0.3) is 11.6 Å². The minimum Gasteiger partial charge on any atom is -0.354 e. The number of carbonyl (C=O) groups excluding carboxylic acids is 2. The number of nitrogens with zero attached hydrogens (tertiary/aromatic N) is 1. The Kier molecular flexibility index (Phi) is 8.15. The Morgan fingerprint density at radius 3 is 2.45 bits per heavy atom. The standard InChI is InChI=1S/C21H24ClN3O4/c1-14(2)19(21(27)23-12-6-9-15-7-4-3-5-8-15)24-20(26)16-10-11-17(22)18(13-16)25(28)29/h3-5,7-8,10-11,13-14,19H,6,9,12H2,1-2H3,(H,23,27)(H,24,26). The summed E-state index contributed by atoms with van der Waals surface area (Å²) < 4.78 is 0. The zero-order valence-corrected chi connectivity index (χ0v) is 17.1. The molecule has 2 aromatic rings. The first-order valence-corrected chi connectivity index (χ1v) is 9.74. The van der Waals surface area contributed by atoms with E-state index in [1.165, 1.54) is 17.7 Å². The molecule has 29 heavy (non-hydrogen) atoms. The number of nitrogens with one attached hydrogen (secondary N) is 2. The van der Waals surface area contributed by atoms with Crippen molar-refractivity contribution >= 4 is 29.1 Å². The van der Waals surface area contributed by atoms with E-state index in [4.69, 9.17) is 11.6 Å². The summed E-state index contributed by atoms with van der Waals surface area (Å²) in [6.07, 6.45) is 1.62. The fourth-order valence-electron chi connectivity index (χ4n) is 2.81. The maximum absolute atomic E-state index is 12.5. The summed E-state index contributed by atoms with van der Waals surface area (Å²) in [6.45, 7) is 4.12. The van der Waals surface area contributed by atoms with Gasteiger partial charge in [-0.3, -0.25) is 19.7 Å². The fourth-order valence-corrected chi connectivity index (χ4v) is 3.00. The van der Waals surface area contributed by atoms with Crippen LogP contribution in [0.25, 0.3) is 0 Å². The van der Waals surface area contributed by atoms with E-state index in [0.29, 0.717) is 6.54 Å². The Bertz CT molecular complexity index is 871. The average molecular weight is 418 g/mol. The van der Waals surface area contributed by atoms with Gasteiger partial charge in [0.2, 0.25) is 5.91 Å². The van der Waals surface area contributed by atoms with Gasteiger partial charge >= 0.3 is 0 Å².